The lowest BCUT2D eigenvalue weighted by Crippen LogP contribution is -2.40. The fraction of sp³-hybridized carbons (Fsp3) is 0.933. The van der Waals surface area contributed by atoms with Gasteiger partial charge in [-0.1, -0.05) is 26.2 Å². The summed E-state index contributed by atoms with van der Waals surface area (Å²) in [5, 5.41) is 3.11. The van der Waals surface area contributed by atoms with Gasteiger partial charge in [0.15, 0.2) is 0 Å². The zero-order valence-corrected chi connectivity index (χ0v) is 12.3. The SMILES string of the molecule is CC1(CN)CCN(CC(=O)NCC2CCCCC2)C1. The Morgan fingerprint density at radius 2 is 2.11 bits per heavy atom. The summed E-state index contributed by atoms with van der Waals surface area (Å²) in [5.41, 5.74) is 6.00. The van der Waals surface area contributed by atoms with E-state index in [4.69, 9.17) is 5.73 Å². The first-order valence-corrected chi connectivity index (χ1v) is 7.80. The average Bonchev–Trinajstić information content (AvgIpc) is 2.80. The van der Waals surface area contributed by atoms with E-state index in [2.05, 4.69) is 17.1 Å². The van der Waals surface area contributed by atoms with E-state index in [1.165, 1.54) is 32.1 Å². The second-order valence-electron chi connectivity index (χ2n) is 6.78. The molecule has 1 saturated heterocycles. The number of nitrogens with zero attached hydrogens (tertiary/aromatic N) is 1. The molecule has 1 aliphatic heterocycles. The Morgan fingerprint density at radius 3 is 2.74 bits per heavy atom. The summed E-state index contributed by atoms with van der Waals surface area (Å²) in [6.45, 7) is 6.31. The second-order valence-corrected chi connectivity index (χ2v) is 6.78. The Bertz CT molecular complexity index is 302. The van der Waals surface area contributed by atoms with Gasteiger partial charge in [-0.25, -0.2) is 0 Å². The molecule has 2 aliphatic rings. The first kappa shape index (κ1) is 14.8. The standard InChI is InChI=1S/C15H29N3O/c1-15(11-16)7-8-18(12-15)10-14(19)17-9-13-5-3-2-4-6-13/h13H,2-12,16H2,1H3,(H,17,19). The van der Waals surface area contributed by atoms with Crippen molar-refractivity contribution in [3.05, 3.63) is 0 Å². The molecule has 19 heavy (non-hydrogen) atoms. The van der Waals surface area contributed by atoms with Crippen molar-refractivity contribution < 1.29 is 4.79 Å². The summed E-state index contributed by atoms with van der Waals surface area (Å²) in [4.78, 5) is 14.2. The van der Waals surface area contributed by atoms with Crippen LogP contribution in [0.25, 0.3) is 0 Å². The van der Waals surface area contributed by atoms with Gasteiger partial charge in [-0.15, -0.1) is 0 Å². The molecule has 1 saturated carbocycles. The molecule has 0 aromatic heterocycles. The van der Waals surface area contributed by atoms with Crippen LogP contribution in [0.3, 0.4) is 0 Å². The summed E-state index contributed by atoms with van der Waals surface area (Å²) in [7, 11) is 0. The number of nitrogens with one attached hydrogen (secondary N) is 1. The van der Waals surface area contributed by atoms with Crippen molar-refractivity contribution in [2.75, 3.05) is 32.7 Å². The van der Waals surface area contributed by atoms with Crippen molar-refractivity contribution in [2.24, 2.45) is 17.1 Å². The van der Waals surface area contributed by atoms with E-state index in [-0.39, 0.29) is 11.3 Å². The van der Waals surface area contributed by atoms with E-state index >= 15 is 0 Å². The third-order valence-corrected chi connectivity index (χ3v) is 4.81. The van der Waals surface area contributed by atoms with Gasteiger partial charge >= 0.3 is 0 Å². The average molecular weight is 267 g/mol. The van der Waals surface area contributed by atoms with Crippen molar-refractivity contribution >= 4 is 5.91 Å². The van der Waals surface area contributed by atoms with Crippen LogP contribution in [0.15, 0.2) is 0 Å². The number of amides is 1. The van der Waals surface area contributed by atoms with E-state index < -0.39 is 0 Å². The van der Waals surface area contributed by atoms with Crippen LogP contribution in [0.1, 0.15) is 45.4 Å². The Morgan fingerprint density at radius 1 is 1.37 bits per heavy atom. The molecule has 0 aromatic rings. The molecule has 1 amide bonds. The summed E-state index contributed by atoms with van der Waals surface area (Å²) in [6.07, 6.45) is 7.73. The van der Waals surface area contributed by atoms with Gasteiger partial charge in [0.05, 0.1) is 6.54 Å². The third-order valence-electron chi connectivity index (χ3n) is 4.81. The molecular weight excluding hydrogens is 238 g/mol. The number of rotatable bonds is 5. The Labute approximate surface area is 117 Å². The lowest BCUT2D eigenvalue weighted by atomic mass is 9.89. The van der Waals surface area contributed by atoms with Crippen LogP contribution in [0.2, 0.25) is 0 Å². The number of likely N-dealkylation sites (tertiary alicyclic amines) is 1. The fourth-order valence-electron chi connectivity index (χ4n) is 3.34. The van der Waals surface area contributed by atoms with Crippen LogP contribution in [0, 0.1) is 11.3 Å². The van der Waals surface area contributed by atoms with Gasteiger partial charge in [0.1, 0.15) is 0 Å². The smallest absolute Gasteiger partial charge is 0.234 e. The minimum atomic E-state index is 0.187. The van der Waals surface area contributed by atoms with Crippen molar-refractivity contribution in [1.82, 2.24) is 10.2 Å². The number of carbonyl (C=O) groups is 1. The molecule has 0 radical (unpaired) electrons. The number of hydrogen-bond donors (Lipinski definition) is 2. The summed E-state index contributed by atoms with van der Waals surface area (Å²) in [5.74, 6) is 0.900. The largest absolute Gasteiger partial charge is 0.355 e. The number of hydrogen-bond acceptors (Lipinski definition) is 3. The zero-order chi connectivity index (χ0) is 13.7. The maximum absolute atomic E-state index is 12.0. The molecule has 1 heterocycles. The van der Waals surface area contributed by atoms with Crippen molar-refractivity contribution in [3.63, 3.8) is 0 Å². The molecule has 2 rings (SSSR count). The monoisotopic (exact) mass is 267 g/mol. The van der Waals surface area contributed by atoms with E-state index in [1.807, 2.05) is 0 Å². The molecule has 3 N–H and O–H groups in total. The topological polar surface area (TPSA) is 58.4 Å². The van der Waals surface area contributed by atoms with Gasteiger partial charge < -0.3 is 11.1 Å². The lowest BCUT2D eigenvalue weighted by molar-refractivity contribution is -0.122. The highest BCUT2D eigenvalue weighted by Crippen LogP contribution is 2.28. The highest BCUT2D eigenvalue weighted by Gasteiger charge is 2.33. The fourth-order valence-corrected chi connectivity index (χ4v) is 3.34. The van der Waals surface area contributed by atoms with E-state index in [0.717, 1.165) is 26.1 Å². The van der Waals surface area contributed by atoms with Crippen molar-refractivity contribution in [2.45, 2.75) is 45.4 Å². The molecule has 1 aliphatic carbocycles. The van der Waals surface area contributed by atoms with Crippen LogP contribution in [0.5, 0.6) is 0 Å². The van der Waals surface area contributed by atoms with Crippen molar-refractivity contribution in [3.8, 4) is 0 Å². The van der Waals surface area contributed by atoms with E-state index in [0.29, 0.717) is 19.0 Å². The molecule has 4 nitrogen and oxygen atoms in total. The molecule has 0 aromatic carbocycles. The maximum atomic E-state index is 12.0. The first-order valence-electron chi connectivity index (χ1n) is 7.80. The minimum absolute atomic E-state index is 0.187. The van der Waals surface area contributed by atoms with Crippen molar-refractivity contribution in [1.29, 1.82) is 0 Å². The molecule has 0 spiro atoms. The predicted molar refractivity (Wildman–Crippen MR) is 77.8 cm³/mol. The van der Waals surface area contributed by atoms with Crippen LogP contribution in [-0.4, -0.2) is 43.5 Å². The van der Waals surface area contributed by atoms with Gasteiger partial charge in [-0.3, -0.25) is 9.69 Å². The van der Waals surface area contributed by atoms with Crippen LogP contribution < -0.4 is 11.1 Å². The molecule has 1 unspecified atom stereocenters. The van der Waals surface area contributed by atoms with Gasteiger partial charge in [-0.05, 0) is 43.7 Å². The zero-order valence-electron chi connectivity index (χ0n) is 12.3. The van der Waals surface area contributed by atoms with E-state index in [1.54, 1.807) is 0 Å². The van der Waals surface area contributed by atoms with Gasteiger partial charge in [0.2, 0.25) is 5.91 Å². The Kier molecular flexibility index (Phi) is 5.22. The molecular formula is C15H29N3O. The minimum Gasteiger partial charge on any atom is -0.355 e. The molecule has 1 atom stereocenters. The summed E-state index contributed by atoms with van der Waals surface area (Å²) < 4.78 is 0. The Hall–Kier alpha value is -0.610. The lowest BCUT2D eigenvalue weighted by Gasteiger charge is -2.24. The molecule has 110 valence electrons. The van der Waals surface area contributed by atoms with Gasteiger partial charge in [-0.2, -0.15) is 0 Å². The highest BCUT2D eigenvalue weighted by atomic mass is 16.2. The number of nitrogens with two attached hydrogens (primary N) is 1. The maximum Gasteiger partial charge on any atom is 0.234 e. The van der Waals surface area contributed by atoms with Crippen LogP contribution in [0.4, 0.5) is 0 Å². The predicted octanol–water partition coefficient (Wildman–Crippen LogP) is 1.35. The van der Waals surface area contributed by atoms with Gasteiger partial charge in [0, 0.05) is 13.1 Å². The quantitative estimate of drug-likeness (QED) is 0.790. The second kappa shape index (κ2) is 6.71. The van der Waals surface area contributed by atoms with E-state index in [9.17, 15) is 4.79 Å². The molecule has 0 bridgehead atoms. The Balaban J connectivity index is 1.64. The third kappa shape index (κ3) is 4.46. The highest BCUT2D eigenvalue weighted by molar-refractivity contribution is 5.78. The van der Waals surface area contributed by atoms with Crippen LogP contribution >= 0.6 is 0 Å². The normalized spacial score (nSPS) is 29.6. The molecule has 4 heteroatoms. The summed E-state index contributed by atoms with van der Waals surface area (Å²) in [6, 6.07) is 0. The van der Waals surface area contributed by atoms with Crippen LogP contribution in [-0.2, 0) is 4.79 Å². The molecule has 2 fully saturated rings. The summed E-state index contributed by atoms with van der Waals surface area (Å²) >= 11 is 0. The van der Waals surface area contributed by atoms with Gasteiger partial charge in [0.25, 0.3) is 0 Å². The number of carbonyl (C=O) groups excluding carboxylic acids is 1. The first-order chi connectivity index (χ1) is 9.11.